The molecule has 1 heterocycles. The number of aliphatic hydroxyl groups is 1. The Bertz CT molecular complexity index is 834. The second-order valence-electron chi connectivity index (χ2n) is 9.02. The molecule has 30 heavy (non-hydrogen) atoms. The van der Waals surface area contributed by atoms with E-state index < -0.39 is 15.9 Å². The lowest BCUT2D eigenvalue weighted by Gasteiger charge is -2.32. The Balaban J connectivity index is 1.69. The number of fused-ring (bicyclic) bond motifs is 1. The van der Waals surface area contributed by atoms with Gasteiger partial charge in [-0.05, 0) is 35.4 Å². The molecule has 7 heteroatoms. The lowest BCUT2D eigenvalue weighted by molar-refractivity contribution is -0.120. The number of rotatable bonds is 8. The summed E-state index contributed by atoms with van der Waals surface area (Å²) >= 11 is 0. The molecule has 0 unspecified atom stereocenters. The number of hydrogen-bond donors (Lipinski definition) is 3. The fourth-order valence-electron chi connectivity index (χ4n) is 4.89. The predicted octanol–water partition coefficient (Wildman–Crippen LogP) is 2.64. The topological polar surface area (TPSA) is 95.5 Å². The number of carbonyl (C=O) groups is 1. The van der Waals surface area contributed by atoms with Crippen molar-refractivity contribution in [2.45, 2.75) is 82.7 Å². The Morgan fingerprint density at radius 1 is 1.23 bits per heavy atom. The van der Waals surface area contributed by atoms with Gasteiger partial charge in [0.2, 0.25) is 5.91 Å². The van der Waals surface area contributed by atoms with Gasteiger partial charge in [0.05, 0.1) is 23.7 Å². The van der Waals surface area contributed by atoms with E-state index in [1.165, 1.54) is 31.7 Å². The molecule has 0 aromatic heterocycles. The number of nitrogens with one attached hydrogen (secondary N) is 2. The van der Waals surface area contributed by atoms with E-state index in [-0.39, 0.29) is 36.0 Å². The van der Waals surface area contributed by atoms with E-state index in [0.29, 0.717) is 5.92 Å². The Kier molecular flexibility index (Phi) is 7.93. The third kappa shape index (κ3) is 6.28. The second-order valence-corrected chi connectivity index (χ2v) is 11.1. The summed E-state index contributed by atoms with van der Waals surface area (Å²) < 4.78 is 24.8. The highest BCUT2D eigenvalue weighted by Crippen LogP contribution is 2.30. The van der Waals surface area contributed by atoms with Crippen molar-refractivity contribution in [3.05, 3.63) is 34.9 Å². The van der Waals surface area contributed by atoms with Crippen LogP contribution in [0.25, 0.3) is 0 Å². The van der Waals surface area contributed by atoms with Crippen LogP contribution < -0.4 is 10.6 Å². The molecular weight excluding hydrogens is 400 g/mol. The third-order valence-corrected chi connectivity index (χ3v) is 8.12. The molecule has 0 spiro atoms. The molecule has 3 atom stereocenters. The fourth-order valence-corrected chi connectivity index (χ4v) is 6.55. The second kappa shape index (κ2) is 10.2. The third-order valence-electron chi connectivity index (χ3n) is 6.53. The van der Waals surface area contributed by atoms with Crippen LogP contribution in [0.5, 0.6) is 0 Å². The van der Waals surface area contributed by atoms with E-state index in [1.54, 1.807) is 0 Å². The summed E-state index contributed by atoms with van der Waals surface area (Å²) in [7, 11) is -3.19. The van der Waals surface area contributed by atoms with Crippen LogP contribution in [0.4, 0.5) is 0 Å². The van der Waals surface area contributed by atoms with Gasteiger partial charge in [-0.2, -0.15) is 0 Å². The highest BCUT2D eigenvalue weighted by Gasteiger charge is 2.31. The normalized spacial score (nSPS) is 23.4. The Labute approximate surface area is 180 Å². The number of amides is 1. The van der Waals surface area contributed by atoms with Crippen LogP contribution in [0.3, 0.4) is 0 Å². The SMILES string of the molecule is CCc1ccc2c(c1)[C@@H](NC[C@@H](O)[C@H](CC1CCCCC1)NC(C)=O)CS(=O)(=O)C2. The molecule has 1 saturated carbocycles. The largest absolute Gasteiger partial charge is 0.390 e. The van der Waals surface area contributed by atoms with Crippen molar-refractivity contribution < 1.29 is 18.3 Å². The summed E-state index contributed by atoms with van der Waals surface area (Å²) in [6, 6.07) is 5.33. The first-order valence-electron chi connectivity index (χ1n) is 11.3. The molecule has 0 radical (unpaired) electrons. The van der Waals surface area contributed by atoms with Crippen LogP contribution in [0.15, 0.2) is 18.2 Å². The molecule has 1 aliphatic carbocycles. The minimum absolute atomic E-state index is 0.0350. The van der Waals surface area contributed by atoms with Gasteiger partial charge >= 0.3 is 0 Å². The lowest BCUT2D eigenvalue weighted by Crippen LogP contribution is -2.49. The van der Waals surface area contributed by atoms with E-state index >= 15 is 0 Å². The smallest absolute Gasteiger partial charge is 0.217 e. The maximum atomic E-state index is 12.4. The maximum Gasteiger partial charge on any atom is 0.217 e. The van der Waals surface area contributed by atoms with Gasteiger partial charge in [0.15, 0.2) is 9.84 Å². The van der Waals surface area contributed by atoms with E-state index in [2.05, 4.69) is 23.6 Å². The summed E-state index contributed by atoms with van der Waals surface area (Å²) in [6.07, 6.45) is 6.86. The van der Waals surface area contributed by atoms with Gasteiger partial charge in [0.1, 0.15) is 0 Å². The molecule has 3 N–H and O–H groups in total. The first kappa shape index (κ1) is 23.2. The summed E-state index contributed by atoms with van der Waals surface area (Å²) in [5, 5.41) is 17.1. The van der Waals surface area contributed by atoms with Crippen LogP contribution >= 0.6 is 0 Å². The van der Waals surface area contributed by atoms with Crippen molar-refractivity contribution in [2.75, 3.05) is 12.3 Å². The number of hydrogen-bond acceptors (Lipinski definition) is 5. The molecule has 0 bridgehead atoms. The quantitative estimate of drug-likeness (QED) is 0.582. The van der Waals surface area contributed by atoms with Crippen molar-refractivity contribution >= 4 is 15.7 Å². The zero-order chi connectivity index (χ0) is 21.7. The minimum atomic E-state index is -3.19. The van der Waals surface area contributed by atoms with Crippen LogP contribution in [-0.4, -0.2) is 43.9 Å². The molecule has 168 valence electrons. The monoisotopic (exact) mass is 436 g/mol. The van der Waals surface area contributed by atoms with Crippen molar-refractivity contribution in [1.82, 2.24) is 10.6 Å². The molecule has 1 amide bonds. The summed E-state index contributed by atoms with van der Waals surface area (Å²) in [6.45, 7) is 3.80. The minimum Gasteiger partial charge on any atom is -0.390 e. The van der Waals surface area contributed by atoms with E-state index in [4.69, 9.17) is 0 Å². The molecule has 1 aromatic carbocycles. The average Bonchev–Trinajstić information content (AvgIpc) is 2.70. The van der Waals surface area contributed by atoms with E-state index in [0.717, 1.165) is 36.8 Å². The fraction of sp³-hybridized carbons (Fsp3) is 0.696. The van der Waals surface area contributed by atoms with Gasteiger partial charge in [0.25, 0.3) is 0 Å². The Morgan fingerprint density at radius 3 is 2.63 bits per heavy atom. The van der Waals surface area contributed by atoms with Gasteiger partial charge in [-0.15, -0.1) is 0 Å². The van der Waals surface area contributed by atoms with Gasteiger partial charge in [-0.25, -0.2) is 8.42 Å². The van der Waals surface area contributed by atoms with E-state index in [1.807, 2.05) is 12.1 Å². The van der Waals surface area contributed by atoms with Crippen LogP contribution in [-0.2, 0) is 26.8 Å². The number of aryl methyl sites for hydroxylation is 1. The zero-order valence-electron chi connectivity index (χ0n) is 18.2. The molecule has 2 aliphatic rings. The first-order valence-corrected chi connectivity index (χ1v) is 13.1. The standard InChI is InChI=1S/C23H36N2O4S/c1-3-17-9-10-19-14-30(28,29)15-22(20(19)11-17)24-13-23(27)21(25-16(2)26)12-18-7-5-4-6-8-18/h9-11,18,21-24,27H,3-8,12-15H2,1-2H3,(H,25,26)/t21-,22-,23+/m0/s1. The molecule has 1 fully saturated rings. The van der Waals surface area contributed by atoms with Crippen molar-refractivity contribution in [1.29, 1.82) is 0 Å². The number of sulfone groups is 1. The maximum absolute atomic E-state index is 12.4. The van der Waals surface area contributed by atoms with Crippen LogP contribution in [0, 0.1) is 5.92 Å². The first-order chi connectivity index (χ1) is 14.3. The van der Waals surface area contributed by atoms with Gasteiger partial charge in [-0.1, -0.05) is 57.2 Å². The number of benzene rings is 1. The molecule has 1 aromatic rings. The molecule has 3 rings (SSSR count). The Morgan fingerprint density at radius 2 is 1.97 bits per heavy atom. The molecule has 6 nitrogen and oxygen atoms in total. The summed E-state index contributed by atoms with van der Waals surface area (Å²) in [4.78, 5) is 11.7. The van der Waals surface area contributed by atoms with Gasteiger partial charge in [-0.3, -0.25) is 4.79 Å². The van der Waals surface area contributed by atoms with Crippen molar-refractivity contribution in [3.63, 3.8) is 0 Å². The van der Waals surface area contributed by atoms with Gasteiger partial charge in [0, 0.05) is 19.5 Å². The highest BCUT2D eigenvalue weighted by molar-refractivity contribution is 7.90. The van der Waals surface area contributed by atoms with E-state index in [9.17, 15) is 18.3 Å². The zero-order valence-corrected chi connectivity index (χ0v) is 19.0. The summed E-state index contributed by atoms with van der Waals surface area (Å²) in [5.41, 5.74) is 3.03. The Hall–Kier alpha value is -1.44. The van der Waals surface area contributed by atoms with Crippen molar-refractivity contribution in [3.8, 4) is 0 Å². The lowest BCUT2D eigenvalue weighted by atomic mass is 9.83. The van der Waals surface area contributed by atoms with Crippen LogP contribution in [0.1, 0.15) is 75.1 Å². The molecular formula is C23H36N2O4S. The molecule has 0 saturated heterocycles. The summed E-state index contributed by atoms with van der Waals surface area (Å²) in [5.74, 6) is 0.484. The number of aliphatic hydroxyl groups excluding tert-OH is 1. The highest BCUT2D eigenvalue weighted by atomic mass is 32.2. The van der Waals surface area contributed by atoms with Crippen molar-refractivity contribution in [2.24, 2.45) is 5.92 Å². The number of carbonyl (C=O) groups excluding carboxylic acids is 1. The predicted molar refractivity (Wildman–Crippen MR) is 119 cm³/mol. The average molecular weight is 437 g/mol. The molecule has 1 aliphatic heterocycles. The van der Waals surface area contributed by atoms with Crippen LogP contribution in [0.2, 0.25) is 0 Å². The van der Waals surface area contributed by atoms with Gasteiger partial charge < -0.3 is 15.7 Å².